The van der Waals surface area contributed by atoms with Gasteiger partial charge in [-0.1, -0.05) is 50.6 Å². The number of halogens is 3. The molecule has 0 spiro atoms. The van der Waals surface area contributed by atoms with Crippen LogP contribution in [0.15, 0.2) is 71.6 Å². The number of carbonyl (C=O) groups is 1. The van der Waals surface area contributed by atoms with E-state index in [1.165, 1.54) is 24.3 Å². The van der Waals surface area contributed by atoms with Gasteiger partial charge in [0.15, 0.2) is 0 Å². The average molecular weight is 607 g/mol. The molecule has 0 radical (unpaired) electrons. The maximum Gasteiger partial charge on any atom is 0.264 e. The van der Waals surface area contributed by atoms with Crippen LogP contribution in [0.4, 0.5) is 14.5 Å². The molecule has 0 aromatic heterocycles. The van der Waals surface area contributed by atoms with Crippen LogP contribution >= 0.6 is 11.6 Å². The third-order valence-electron chi connectivity index (χ3n) is 6.63. The standard InChI is InChI=1S/C31H37ClF2N2O4S/c1-6-35(30(37)31(3,4)5)19-9-10-20-40-29-12-8-7-11-26(29)22(2)36(28-21-24(33)15-18-27(28)34)41(38,39)25-16-13-23(32)14-17-25/h7-8,11-18,21-22H,6,9-10,19-20H2,1-5H3. The molecule has 0 fully saturated rings. The maximum atomic E-state index is 15.1. The molecule has 3 aromatic carbocycles. The van der Waals surface area contributed by atoms with Crippen molar-refractivity contribution in [1.82, 2.24) is 4.90 Å². The van der Waals surface area contributed by atoms with Gasteiger partial charge in [0.1, 0.15) is 17.4 Å². The summed E-state index contributed by atoms with van der Waals surface area (Å²) in [6.07, 6.45) is 1.38. The number of rotatable bonds is 12. The van der Waals surface area contributed by atoms with Crippen molar-refractivity contribution in [3.05, 3.63) is 89.0 Å². The molecule has 0 saturated heterocycles. The number of unbranched alkanes of at least 4 members (excludes halogenated alkanes) is 1. The van der Waals surface area contributed by atoms with Crippen molar-refractivity contribution in [2.45, 2.75) is 58.4 Å². The van der Waals surface area contributed by atoms with Crippen molar-refractivity contribution in [1.29, 1.82) is 0 Å². The second-order valence-electron chi connectivity index (χ2n) is 10.8. The molecule has 0 heterocycles. The van der Waals surface area contributed by atoms with Gasteiger partial charge >= 0.3 is 0 Å². The number of para-hydroxylation sites is 1. The molecule has 0 saturated carbocycles. The molecule has 3 aromatic rings. The number of ether oxygens (including phenoxy) is 1. The average Bonchev–Trinajstić information content (AvgIpc) is 2.92. The lowest BCUT2D eigenvalue weighted by Gasteiger charge is -2.32. The summed E-state index contributed by atoms with van der Waals surface area (Å²) in [5, 5.41) is 0.337. The molecule has 1 atom stereocenters. The predicted octanol–water partition coefficient (Wildman–Crippen LogP) is 7.63. The topological polar surface area (TPSA) is 66.9 Å². The van der Waals surface area contributed by atoms with Crippen LogP contribution in [0.3, 0.4) is 0 Å². The van der Waals surface area contributed by atoms with E-state index in [4.69, 9.17) is 16.3 Å². The number of benzene rings is 3. The molecular weight excluding hydrogens is 570 g/mol. The van der Waals surface area contributed by atoms with E-state index in [9.17, 15) is 17.6 Å². The van der Waals surface area contributed by atoms with Crippen LogP contribution in [0.1, 0.15) is 59.1 Å². The number of hydrogen-bond acceptors (Lipinski definition) is 4. The third kappa shape index (κ3) is 7.98. The molecule has 3 rings (SSSR count). The Morgan fingerprint density at radius 1 is 1.00 bits per heavy atom. The van der Waals surface area contributed by atoms with Gasteiger partial charge in [-0.25, -0.2) is 17.2 Å². The SMILES string of the molecule is CCN(CCCCOc1ccccc1C(C)N(c1cc(F)ccc1F)S(=O)(=O)c1ccc(Cl)cc1)C(=O)C(C)(C)C. The normalized spacial score (nSPS) is 12.6. The van der Waals surface area contributed by atoms with E-state index in [0.717, 1.165) is 28.9 Å². The number of carbonyl (C=O) groups excluding carboxylic acids is 1. The highest BCUT2D eigenvalue weighted by Crippen LogP contribution is 2.38. The highest BCUT2D eigenvalue weighted by Gasteiger charge is 2.34. The van der Waals surface area contributed by atoms with Crippen LogP contribution in [0.2, 0.25) is 5.02 Å². The molecule has 0 aliphatic heterocycles. The first kappa shape index (κ1) is 32.3. The zero-order valence-corrected chi connectivity index (χ0v) is 25.6. The quantitative estimate of drug-likeness (QED) is 0.199. The summed E-state index contributed by atoms with van der Waals surface area (Å²) < 4.78 is 64.0. The Bertz CT molecular complexity index is 1440. The Labute approximate surface area is 246 Å². The summed E-state index contributed by atoms with van der Waals surface area (Å²) in [5.74, 6) is -1.15. The van der Waals surface area contributed by atoms with E-state index < -0.39 is 38.8 Å². The van der Waals surface area contributed by atoms with Gasteiger partial charge in [-0.2, -0.15) is 0 Å². The highest BCUT2D eigenvalue weighted by molar-refractivity contribution is 7.92. The lowest BCUT2D eigenvalue weighted by atomic mass is 9.94. The van der Waals surface area contributed by atoms with Gasteiger partial charge in [-0.3, -0.25) is 9.10 Å². The molecule has 6 nitrogen and oxygen atoms in total. The van der Waals surface area contributed by atoms with Crippen molar-refractivity contribution in [2.24, 2.45) is 5.41 Å². The molecule has 0 bridgehead atoms. The van der Waals surface area contributed by atoms with Gasteiger partial charge in [0.05, 0.1) is 23.2 Å². The predicted molar refractivity (Wildman–Crippen MR) is 159 cm³/mol. The van der Waals surface area contributed by atoms with Crippen LogP contribution < -0.4 is 9.04 Å². The van der Waals surface area contributed by atoms with Crippen molar-refractivity contribution in [3.63, 3.8) is 0 Å². The van der Waals surface area contributed by atoms with Gasteiger partial charge in [0.2, 0.25) is 5.91 Å². The summed E-state index contributed by atoms with van der Waals surface area (Å²) in [4.78, 5) is 14.3. The molecule has 1 unspecified atom stereocenters. The summed E-state index contributed by atoms with van der Waals surface area (Å²) in [5.41, 5.74) is -0.404. The number of anilines is 1. The highest BCUT2D eigenvalue weighted by atomic mass is 35.5. The minimum atomic E-state index is -4.36. The molecule has 0 N–H and O–H groups in total. The summed E-state index contributed by atoms with van der Waals surface area (Å²) in [6.45, 7) is 10.8. The van der Waals surface area contributed by atoms with Gasteiger partial charge < -0.3 is 9.64 Å². The largest absolute Gasteiger partial charge is 0.493 e. The Kier molecular flexibility index (Phi) is 10.8. The van der Waals surface area contributed by atoms with E-state index in [-0.39, 0.29) is 10.8 Å². The Hall–Kier alpha value is -3.17. The fraction of sp³-hybridized carbons (Fsp3) is 0.387. The minimum Gasteiger partial charge on any atom is -0.493 e. The van der Waals surface area contributed by atoms with Crippen molar-refractivity contribution < 1.29 is 26.7 Å². The van der Waals surface area contributed by atoms with E-state index in [1.807, 2.05) is 32.6 Å². The first-order valence-electron chi connectivity index (χ1n) is 13.5. The summed E-state index contributed by atoms with van der Waals surface area (Å²) in [7, 11) is -4.36. The molecule has 0 aliphatic rings. The zero-order valence-electron chi connectivity index (χ0n) is 24.0. The van der Waals surface area contributed by atoms with Gasteiger partial charge in [0, 0.05) is 35.2 Å². The van der Waals surface area contributed by atoms with Crippen LogP contribution in [0.5, 0.6) is 5.75 Å². The number of amides is 1. The monoisotopic (exact) mass is 606 g/mol. The van der Waals surface area contributed by atoms with Gasteiger partial charge in [-0.15, -0.1) is 0 Å². The van der Waals surface area contributed by atoms with Crippen molar-refractivity contribution in [3.8, 4) is 5.75 Å². The maximum absolute atomic E-state index is 15.1. The fourth-order valence-electron chi connectivity index (χ4n) is 4.47. The van der Waals surface area contributed by atoms with Crippen LogP contribution in [-0.4, -0.2) is 38.9 Å². The first-order chi connectivity index (χ1) is 19.3. The van der Waals surface area contributed by atoms with Crippen LogP contribution in [0, 0.1) is 17.0 Å². The van der Waals surface area contributed by atoms with Crippen LogP contribution in [-0.2, 0) is 14.8 Å². The summed E-state index contributed by atoms with van der Waals surface area (Å²) >= 11 is 5.96. The lowest BCUT2D eigenvalue weighted by molar-refractivity contribution is -0.139. The van der Waals surface area contributed by atoms with E-state index in [2.05, 4.69) is 0 Å². The summed E-state index contributed by atoms with van der Waals surface area (Å²) in [6, 6.07) is 14.1. The van der Waals surface area contributed by atoms with Crippen LogP contribution in [0.25, 0.3) is 0 Å². The Morgan fingerprint density at radius 3 is 2.29 bits per heavy atom. The smallest absolute Gasteiger partial charge is 0.264 e. The molecule has 0 aliphatic carbocycles. The molecule has 222 valence electrons. The second kappa shape index (κ2) is 13.7. The third-order valence-corrected chi connectivity index (χ3v) is 8.78. The number of sulfonamides is 1. The Balaban J connectivity index is 1.86. The van der Waals surface area contributed by atoms with E-state index in [1.54, 1.807) is 31.2 Å². The second-order valence-corrected chi connectivity index (χ2v) is 13.0. The minimum absolute atomic E-state index is 0.0895. The lowest BCUT2D eigenvalue weighted by Crippen LogP contribution is -2.40. The first-order valence-corrected chi connectivity index (χ1v) is 15.3. The fourth-order valence-corrected chi connectivity index (χ4v) is 6.23. The van der Waals surface area contributed by atoms with Crippen molar-refractivity contribution >= 4 is 33.2 Å². The van der Waals surface area contributed by atoms with E-state index in [0.29, 0.717) is 42.5 Å². The number of nitrogens with zero attached hydrogens (tertiary/aromatic N) is 2. The van der Waals surface area contributed by atoms with E-state index >= 15 is 4.39 Å². The molecule has 1 amide bonds. The molecular formula is C31H37ClF2N2O4S. The van der Waals surface area contributed by atoms with Gasteiger partial charge in [0.25, 0.3) is 10.0 Å². The van der Waals surface area contributed by atoms with Gasteiger partial charge in [-0.05, 0) is 69.2 Å². The number of hydrogen-bond donors (Lipinski definition) is 0. The zero-order chi connectivity index (χ0) is 30.4. The molecule has 10 heteroatoms. The Morgan fingerprint density at radius 2 is 1.66 bits per heavy atom. The van der Waals surface area contributed by atoms with Crippen molar-refractivity contribution in [2.75, 3.05) is 24.0 Å². The molecule has 41 heavy (non-hydrogen) atoms.